The largest absolute Gasteiger partial charge is 0.493 e. The smallest absolute Gasteiger partial charge is 0.203 e. The Bertz CT molecular complexity index is 544. The van der Waals surface area contributed by atoms with Gasteiger partial charge in [0.25, 0.3) is 0 Å². The van der Waals surface area contributed by atoms with Gasteiger partial charge in [-0.1, -0.05) is 0 Å². The van der Waals surface area contributed by atoms with Gasteiger partial charge >= 0.3 is 0 Å². The molecule has 1 aromatic rings. The first-order valence-corrected chi connectivity index (χ1v) is 6.86. The van der Waals surface area contributed by atoms with Crippen LogP contribution in [0.15, 0.2) is 17.8 Å². The van der Waals surface area contributed by atoms with Crippen molar-refractivity contribution in [1.82, 2.24) is 10.2 Å². The van der Waals surface area contributed by atoms with Gasteiger partial charge in [0.2, 0.25) is 5.75 Å². The molecular weight excluding hydrogens is 288 g/mol. The lowest BCUT2D eigenvalue weighted by Gasteiger charge is -2.29. The second-order valence-electron chi connectivity index (χ2n) is 4.62. The van der Waals surface area contributed by atoms with Gasteiger partial charge in [-0.25, -0.2) is 4.79 Å². The van der Waals surface area contributed by atoms with Gasteiger partial charge in [0.15, 0.2) is 18.2 Å². The van der Waals surface area contributed by atoms with Crippen LogP contribution in [0.25, 0.3) is 0 Å². The standard InChI is InChI=1S/C15H20N2O5/c1-19-13-6-12(7-14(20-2)15(13)21-3)22-10-17-5-4-16-8-11(17)9-18/h6-7,16H,4-5,8,10H2,1-3H3. The van der Waals surface area contributed by atoms with Crippen molar-refractivity contribution in [3.63, 3.8) is 0 Å². The number of ether oxygens (including phenoxy) is 4. The van der Waals surface area contributed by atoms with E-state index < -0.39 is 0 Å². The first-order valence-electron chi connectivity index (χ1n) is 6.86. The van der Waals surface area contributed by atoms with Crippen molar-refractivity contribution in [1.29, 1.82) is 0 Å². The predicted molar refractivity (Wildman–Crippen MR) is 80.4 cm³/mol. The average molecular weight is 308 g/mol. The quantitative estimate of drug-likeness (QED) is 0.775. The van der Waals surface area contributed by atoms with Crippen molar-refractivity contribution >= 4 is 5.94 Å². The number of nitrogens with one attached hydrogen (secondary N) is 1. The Morgan fingerprint density at radius 2 is 1.86 bits per heavy atom. The minimum Gasteiger partial charge on any atom is -0.493 e. The lowest BCUT2D eigenvalue weighted by Crippen LogP contribution is -2.43. The summed E-state index contributed by atoms with van der Waals surface area (Å²) in [5.41, 5.74) is 0.554. The van der Waals surface area contributed by atoms with E-state index in [9.17, 15) is 4.79 Å². The van der Waals surface area contributed by atoms with Gasteiger partial charge in [-0.15, -0.1) is 0 Å². The molecule has 22 heavy (non-hydrogen) atoms. The molecule has 1 saturated heterocycles. The summed E-state index contributed by atoms with van der Waals surface area (Å²) in [5, 5.41) is 3.11. The number of methoxy groups -OCH3 is 3. The van der Waals surface area contributed by atoms with Crippen LogP contribution in [0.2, 0.25) is 0 Å². The van der Waals surface area contributed by atoms with Crippen LogP contribution < -0.4 is 24.3 Å². The summed E-state index contributed by atoms with van der Waals surface area (Å²) in [6.45, 7) is 2.24. The number of hydrogen-bond donors (Lipinski definition) is 1. The molecule has 1 aliphatic rings. The highest BCUT2D eigenvalue weighted by molar-refractivity contribution is 5.56. The monoisotopic (exact) mass is 308 g/mol. The molecule has 120 valence electrons. The minimum atomic E-state index is 0.255. The van der Waals surface area contributed by atoms with E-state index in [1.807, 2.05) is 10.8 Å². The van der Waals surface area contributed by atoms with Crippen LogP contribution in [-0.4, -0.2) is 58.5 Å². The summed E-state index contributed by atoms with van der Waals surface area (Å²) in [4.78, 5) is 12.8. The highest BCUT2D eigenvalue weighted by Crippen LogP contribution is 2.40. The van der Waals surface area contributed by atoms with Crippen LogP contribution in [0.4, 0.5) is 0 Å². The Hall–Kier alpha value is -2.37. The second-order valence-corrected chi connectivity index (χ2v) is 4.62. The van der Waals surface area contributed by atoms with E-state index >= 15 is 0 Å². The molecule has 7 nitrogen and oxygen atoms in total. The molecule has 1 N–H and O–H groups in total. The number of benzene rings is 1. The van der Waals surface area contributed by atoms with E-state index in [2.05, 4.69) is 5.32 Å². The van der Waals surface area contributed by atoms with E-state index in [0.29, 0.717) is 41.8 Å². The van der Waals surface area contributed by atoms with Crippen LogP contribution in [0.5, 0.6) is 23.0 Å². The van der Waals surface area contributed by atoms with Gasteiger partial charge in [0.05, 0.1) is 21.3 Å². The van der Waals surface area contributed by atoms with Crippen LogP contribution in [0.1, 0.15) is 0 Å². The molecule has 0 spiro atoms. The molecule has 0 saturated carbocycles. The van der Waals surface area contributed by atoms with Crippen molar-refractivity contribution in [3.05, 3.63) is 17.8 Å². The van der Waals surface area contributed by atoms with E-state index in [1.54, 1.807) is 33.5 Å². The van der Waals surface area contributed by atoms with Crippen LogP contribution >= 0.6 is 0 Å². The summed E-state index contributed by atoms with van der Waals surface area (Å²) < 4.78 is 21.6. The first kappa shape index (κ1) is 16.0. The maximum Gasteiger partial charge on any atom is 0.203 e. The Labute approximate surface area is 129 Å². The molecule has 1 aromatic carbocycles. The number of rotatable bonds is 6. The SMILES string of the molecule is COc1cc(OCN2CCNCC2=C=O)cc(OC)c1OC. The molecule has 0 atom stereocenters. The van der Waals surface area contributed by atoms with E-state index in [-0.39, 0.29) is 6.73 Å². The summed E-state index contributed by atoms with van der Waals surface area (Å²) in [5.74, 6) is 4.04. The molecule has 2 rings (SSSR count). The van der Waals surface area contributed by atoms with Crippen molar-refractivity contribution in [2.45, 2.75) is 0 Å². The highest BCUT2D eigenvalue weighted by Gasteiger charge is 2.18. The summed E-state index contributed by atoms with van der Waals surface area (Å²) >= 11 is 0. The van der Waals surface area contributed by atoms with Gasteiger partial charge < -0.3 is 29.2 Å². The predicted octanol–water partition coefficient (Wildman–Crippen LogP) is 0.669. The fourth-order valence-electron chi connectivity index (χ4n) is 2.20. The molecule has 0 radical (unpaired) electrons. The van der Waals surface area contributed by atoms with Crippen LogP contribution in [0.3, 0.4) is 0 Å². The number of hydrogen-bond acceptors (Lipinski definition) is 7. The van der Waals surface area contributed by atoms with Gasteiger partial charge in [0, 0.05) is 31.8 Å². The molecule has 7 heteroatoms. The zero-order valence-electron chi connectivity index (χ0n) is 13.0. The molecule has 0 amide bonds. The molecule has 0 bridgehead atoms. The Morgan fingerprint density at radius 3 is 2.41 bits per heavy atom. The number of carbonyl (C=O) groups excluding carboxylic acids is 1. The Balaban J connectivity index is 2.14. The highest BCUT2D eigenvalue weighted by atomic mass is 16.5. The van der Waals surface area contributed by atoms with Crippen molar-refractivity contribution < 1.29 is 23.7 Å². The number of nitrogens with zero attached hydrogens (tertiary/aromatic N) is 1. The molecule has 1 fully saturated rings. The van der Waals surface area contributed by atoms with E-state index in [1.165, 1.54) is 0 Å². The molecule has 0 aromatic heterocycles. The zero-order chi connectivity index (χ0) is 15.9. The Kier molecular flexibility index (Phi) is 5.52. The molecule has 1 heterocycles. The average Bonchev–Trinajstić information content (AvgIpc) is 2.58. The third kappa shape index (κ3) is 3.44. The van der Waals surface area contributed by atoms with Crippen LogP contribution in [0, 0.1) is 0 Å². The second kappa shape index (κ2) is 7.59. The summed E-state index contributed by atoms with van der Waals surface area (Å²) in [6, 6.07) is 3.43. The third-order valence-electron chi connectivity index (χ3n) is 3.38. The van der Waals surface area contributed by atoms with Gasteiger partial charge in [-0.2, -0.15) is 0 Å². The van der Waals surface area contributed by atoms with Gasteiger partial charge in [-0.05, 0) is 0 Å². The van der Waals surface area contributed by atoms with Crippen LogP contribution in [-0.2, 0) is 4.79 Å². The Morgan fingerprint density at radius 1 is 1.18 bits per heavy atom. The van der Waals surface area contributed by atoms with Crippen molar-refractivity contribution in [2.75, 3.05) is 47.7 Å². The number of piperazine rings is 1. The van der Waals surface area contributed by atoms with E-state index in [0.717, 1.165) is 6.54 Å². The third-order valence-corrected chi connectivity index (χ3v) is 3.38. The minimum absolute atomic E-state index is 0.255. The fourth-order valence-corrected chi connectivity index (χ4v) is 2.20. The first-order chi connectivity index (χ1) is 10.7. The molecule has 1 aliphatic heterocycles. The topological polar surface area (TPSA) is 69.3 Å². The fraction of sp³-hybridized carbons (Fsp3) is 0.467. The lowest BCUT2D eigenvalue weighted by molar-refractivity contribution is 0.146. The summed E-state index contributed by atoms with van der Waals surface area (Å²) in [6.07, 6.45) is 0. The molecule has 0 unspecified atom stereocenters. The molecule has 0 aliphatic carbocycles. The maximum absolute atomic E-state index is 10.9. The maximum atomic E-state index is 10.9. The molecular formula is C15H20N2O5. The van der Waals surface area contributed by atoms with Gasteiger partial charge in [-0.3, -0.25) is 0 Å². The van der Waals surface area contributed by atoms with Crippen molar-refractivity contribution in [2.24, 2.45) is 0 Å². The van der Waals surface area contributed by atoms with E-state index in [4.69, 9.17) is 18.9 Å². The lowest BCUT2D eigenvalue weighted by atomic mass is 10.2. The summed E-state index contributed by atoms with van der Waals surface area (Å²) in [7, 11) is 4.64. The zero-order valence-corrected chi connectivity index (χ0v) is 13.0. The van der Waals surface area contributed by atoms with Crippen molar-refractivity contribution in [3.8, 4) is 23.0 Å². The van der Waals surface area contributed by atoms with Gasteiger partial charge in [0.1, 0.15) is 17.4 Å². The normalized spacial score (nSPS) is 14.3.